The summed E-state index contributed by atoms with van der Waals surface area (Å²) >= 11 is 0. The van der Waals surface area contributed by atoms with Gasteiger partial charge < -0.3 is 5.32 Å². The SMILES string of the molecule is O=C(NC1CCCC1)c1n[nH]c2ccc(-c3cccc(F)c3F)cc12. The van der Waals surface area contributed by atoms with E-state index in [1.165, 1.54) is 12.1 Å². The van der Waals surface area contributed by atoms with E-state index in [0.29, 0.717) is 16.5 Å². The number of fused-ring (bicyclic) bond motifs is 1. The second kappa shape index (κ2) is 6.27. The second-order valence-corrected chi connectivity index (χ2v) is 6.39. The van der Waals surface area contributed by atoms with Crippen LogP contribution in [0.4, 0.5) is 8.78 Å². The minimum absolute atomic E-state index is 0.158. The van der Waals surface area contributed by atoms with Crippen LogP contribution < -0.4 is 5.32 Å². The molecule has 128 valence electrons. The van der Waals surface area contributed by atoms with Crippen molar-refractivity contribution in [3.05, 3.63) is 53.7 Å². The number of carbonyl (C=O) groups is 1. The van der Waals surface area contributed by atoms with E-state index in [-0.39, 0.29) is 23.2 Å². The molecular formula is C19H17F2N3O. The van der Waals surface area contributed by atoms with Crippen LogP contribution in [0.3, 0.4) is 0 Å². The van der Waals surface area contributed by atoms with Crippen LogP contribution in [0, 0.1) is 11.6 Å². The summed E-state index contributed by atoms with van der Waals surface area (Å²) in [5, 5.41) is 10.5. The molecule has 0 aliphatic heterocycles. The molecule has 0 bridgehead atoms. The molecule has 4 nitrogen and oxygen atoms in total. The third kappa shape index (κ3) is 2.88. The molecule has 25 heavy (non-hydrogen) atoms. The lowest BCUT2D eigenvalue weighted by atomic mass is 10.0. The van der Waals surface area contributed by atoms with Crippen LogP contribution in [0.2, 0.25) is 0 Å². The zero-order valence-corrected chi connectivity index (χ0v) is 13.5. The highest BCUT2D eigenvalue weighted by Gasteiger charge is 2.21. The van der Waals surface area contributed by atoms with Crippen molar-refractivity contribution in [1.82, 2.24) is 15.5 Å². The van der Waals surface area contributed by atoms with Crippen molar-refractivity contribution >= 4 is 16.8 Å². The third-order valence-corrected chi connectivity index (χ3v) is 4.73. The molecule has 1 saturated carbocycles. The molecule has 0 radical (unpaired) electrons. The molecule has 0 unspecified atom stereocenters. The van der Waals surface area contributed by atoms with Gasteiger partial charge in [-0.25, -0.2) is 8.78 Å². The zero-order chi connectivity index (χ0) is 17.4. The van der Waals surface area contributed by atoms with E-state index in [0.717, 1.165) is 31.7 Å². The summed E-state index contributed by atoms with van der Waals surface area (Å²) in [6, 6.07) is 9.29. The fourth-order valence-corrected chi connectivity index (χ4v) is 3.41. The number of hydrogen-bond acceptors (Lipinski definition) is 2. The van der Waals surface area contributed by atoms with E-state index in [2.05, 4.69) is 15.5 Å². The molecule has 0 atom stereocenters. The molecule has 6 heteroatoms. The number of halogens is 2. The van der Waals surface area contributed by atoms with Crippen LogP contribution in [-0.4, -0.2) is 22.1 Å². The average molecular weight is 341 g/mol. The van der Waals surface area contributed by atoms with Gasteiger partial charge in [-0.1, -0.05) is 31.0 Å². The Morgan fingerprint density at radius 3 is 2.76 bits per heavy atom. The quantitative estimate of drug-likeness (QED) is 0.751. The largest absolute Gasteiger partial charge is 0.348 e. The Hall–Kier alpha value is -2.76. The Kier molecular flexibility index (Phi) is 3.95. The summed E-state index contributed by atoms with van der Waals surface area (Å²) in [5.74, 6) is -2.04. The molecule has 2 aromatic carbocycles. The predicted molar refractivity (Wildman–Crippen MR) is 91.2 cm³/mol. The molecule has 3 aromatic rings. The number of nitrogens with one attached hydrogen (secondary N) is 2. The predicted octanol–water partition coefficient (Wildman–Crippen LogP) is 4.18. The molecule has 1 aliphatic carbocycles. The van der Waals surface area contributed by atoms with Crippen molar-refractivity contribution in [3.63, 3.8) is 0 Å². The Morgan fingerprint density at radius 1 is 1.16 bits per heavy atom. The van der Waals surface area contributed by atoms with E-state index in [1.807, 2.05) is 0 Å². The molecule has 1 heterocycles. The van der Waals surface area contributed by atoms with Crippen molar-refractivity contribution in [2.75, 3.05) is 0 Å². The number of carbonyl (C=O) groups excluding carboxylic acids is 1. The van der Waals surface area contributed by atoms with Gasteiger partial charge in [-0.15, -0.1) is 0 Å². The van der Waals surface area contributed by atoms with E-state index in [9.17, 15) is 13.6 Å². The van der Waals surface area contributed by atoms with Gasteiger partial charge in [-0.2, -0.15) is 5.10 Å². The van der Waals surface area contributed by atoms with E-state index in [1.54, 1.807) is 18.2 Å². The summed E-state index contributed by atoms with van der Waals surface area (Å²) in [6.45, 7) is 0. The first kappa shape index (κ1) is 15.7. The molecule has 1 fully saturated rings. The van der Waals surface area contributed by atoms with Gasteiger partial charge >= 0.3 is 0 Å². The number of nitrogens with zero attached hydrogens (tertiary/aromatic N) is 1. The van der Waals surface area contributed by atoms with Crippen LogP contribution in [0.5, 0.6) is 0 Å². The number of H-pyrrole nitrogens is 1. The minimum atomic E-state index is -0.901. The van der Waals surface area contributed by atoms with Crippen molar-refractivity contribution in [1.29, 1.82) is 0 Å². The lowest BCUT2D eigenvalue weighted by Crippen LogP contribution is -2.32. The Morgan fingerprint density at radius 2 is 1.96 bits per heavy atom. The highest BCUT2D eigenvalue weighted by atomic mass is 19.2. The molecule has 1 aromatic heterocycles. The maximum atomic E-state index is 14.1. The summed E-state index contributed by atoms with van der Waals surface area (Å²) in [4.78, 5) is 12.5. The smallest absolute Gasteiger partial charge is 0.272 e. The van der Waals surface area contributed by atoms with Gasteiger partial charge in [0.15, 0.2) is 17.3 Å². The fraction of sp³-hybridized carbons (Fsp3) is 0.263. The average Bonchev–Trinajstić information content (AvgIpc) is 3.26. The summed E-state index contributed by atoms with van der Waals surface area (Å²) < 4.78 is 27.6. The third-order valence-electron chi connectivity index (χ3n) is 4.73. The van der Waals surface area contributed by atoms with E-state index < -0.39 is 11.6 Å². The van der Waals surface area contributed by atoms with Crippen LogP contribution >= 0.6 is 0 Å². The Bertz CT molecular complexity index is 945. The van der Waals surface area contributed by atoms with Crippen LogP contribution in [0.1, 0.15) is 36.2 Å². The zero-order valence-electron chi connectivity index (χ0n) is 13.5. The maximum Gasteiger partial charge on any atom is 0.272 e. The second-order valence-electron chi connectivity index (χ2n) is 6.39. The number of aromatic amines is 1. The van der Waals surface area contributed by atoms with Gasteiger partial charge in [0.05, 0.1) is 5.52 Å². The van der Waals surface area contributed by atoms with Crippen LogP contribution in [-0.2, 0) is 0 Å². The molecule has 2 N–H and O–H groups in total. The van der Waals surface area contributed by atoms with Crippen LogP contribution in [0.15, 0.2) is 36.4 Å². The maximum absolute atomic E-state index is 14.1. The summed E-state index contributed by atoms with van der Waals surface area (Å²) in [7, 11) is 0. The minimum Gasteiger partial charge on any atom is -0.348 e. The van der Waals surface area contributed by atoms with E-state index in [4.69, 9.17) is 0 Å². The van der Waals surface area contributed by atoms with Gasteiger partial charge in [0.2, 0.25) is 0 Å². The van der Waals surface area contributed by atoms with Gasteiger partial charge in [0.1, 0.15) is 0 Å². The number of amides is 1. The first-order valence-corrected chi connectivity index (χ1v) is 8.37. The topological polar surface area (TPSA) is 57.8 Å². The fourth-order valence-electron chi connectivity index (χ4n) is 3.41. The highest BCUT2D eigenvalue weighted by molar-refractivity contribution is 6.05. The molecule has 0 saturated heterocycles. The van der Waals surface area contributed by atoms with Crippen molar-refractivity contribution < 1.29 is 13.6 Å². The standard InChI is InChI=1S/C19H17F2N3O/c20-15-7-3-6-13(17(15)21)11-8-9-16-14(10-11)18(24-23-16)19(25)22-12-4-1-2-5-12/h3,6-10,12H,1-2,4-5H2,(H,22,25)(H,23,24). The van der Waals surface area contributed by atoms with Gasteiger partial charge in [0, 0.05) is 17.0 Å². The molecule has 4 rings (SSSR count). The normalized spacial score (nSPS) is 15.0. The monoisotopic (exact) mass is 341 g/mol. The van der Waals surface area contributed by atoms with Crippen molar-refractivity contribution in [2.24, 2.45) is 0 Å². The Labute approximate surface area is 143 Å². The van der Waals surface area contributed by atoms with Crippen LogP contribution in [0.25, 0.3) is 22.0 Å². The number of rotatable bonds is 3. The lowest BCUT2D eigenvalue weighted by Gasteiger charge is -2.10. The molecular weight excluding hydrogens is 324 g/mol. The first-order valence-electron chi connectivity index (χ1n) is 8.37. The summed E-state index contributed by atoms with van der Waals surface area (Å²) in [6.07, 6.45) is 4.20. The number of aromatic nitrogens is 2. The van der Waals surface area contributed by atoms with Gasteiger partial charge in [-0.3, -0.25) is 9.89 Å². The Balaban J connectivity index is 1.72. The molecule has 1 aliphatic rings. The van der Waals surface area contributed by atoms with Gasteiger partial charge in [0.25, 0.3) is 5.91 Å². The highest BCUT2D eigenvalue weighted by Crippen LogP contribution is 2.28. The number of hydrogen-bond donors (Lipinski definition) is 2. The van der Waals surface area contributed by atoms with Gasteiger partial charge in [-0.05, 0) is 36.6 Å². The first-order chi connectivity index (χ1) is 12.1. The molecule has 0 spiro atoms. The number of benzene rings is 2. The van der Waals surface area contributed by atoms with E-state index >= 15 is 0 Å². The lowest BCUT2D eigenvalue weighted by molar-refractivity contribution is 0.0934. The van der Waals surface area contributed by atoms with Crippen molar-refractivity contribution in [3.8, 4) is 11.1 Å². The van der Waals surface area contributed by atoms with Crippen molar-refractivity contribution in [2.45, 2.75) is 31.7 Å². The molecule has 1 amide bonds. The summed E-state index contributed by atoms with van der Waals surface area (Å²) in [5.41, 5.74) is 1.61.